The van der Waals surface area contributed by atoms with Gasteiger partial charge >= 0.3 is 26.2 Å². The molecule has 2 aromatic heterocycles. The SMILES string of the molecule is Cc1cc(C)c(-c2cccc(N(O)C(C)(C)C)n2)c(C)c1.Cc1cc(C)c(-c2cccc(N(O)C(C)(C)C)n2)c(C)c1.[CH3-].[CH3-].[Zr+4]. The Bertz CT molecular complexity index is 1390. The number of benzene rings is 2. The second-order valence-corrected chi connectivity index (χ2v) is 13.3. The summed E-state index contributed by atoms with van der Waals surface area (Å²) in [5.74, 6) is 1.14. The maximum absolute atomic E-state index is 10.3. The van der Waals surface area contributed by atoms with Gasteiger partial charge in [-0.1, -0.05) is 47.5 Å². The average Bonchev–Trinajstić information content (AvgIpc) is 2.86. The van der Waals surface area contributed by atoms with E-state index >= 15 is 0 Å². The second-order valence-electron chi connectivity index (χ2n) is 13.3. The van der Waals surface area contributed by atoms with E-state index in [0.29, 0.717) is 11.6 Å². The van der Waals surface area contributed by atoms with Crippen molar-refractivity contribution in [2.24, 2.45) is 0 Å². The summed E-state index contributed by atoms with van der Waals surface area (Å²) in [6.45, 7) is 24.3. The summed E-state index contributed by atoms with van der Waals surface area (Å²) in [6.07, 6.45) is 0. The van der Waals surface area contributed by atoms with Crippen LogP contribution in [0.5, 0.6) is 0 Å². The Kier molecular flexibility index (Phi) is 15.6. The van der Waals surface area contributed by atoms with Gasteiger partial charge in [-0.2, -0.15) is 0 Å². The summed E-state index contributed by atoms with van der Waals surface area (Å²) in [5.41, 5.74) is 10.6. The Labute approximate surface area is 292 Å². The van der Waals surface area contributed by atoms with Gasteiger partial charge in [0.05, 0.1) is 22.5 Å². The summed E-state index contributed by atoms with van der Waals surface area (Å²) in [7, 11) is 0. The molecule has 0 amide bonds. The molecule has 2 N–H and O–H groups in total. The number of hydrogen-bond donors (Lipinski definition) is 2. The van der Waals surface area contributed by atoms with Crippen LogP contribution in [0.2, 0.25) is 0 Å². The molecule has 0 fully saturated rings. The van der Waals surface area contributed by atoms with Gasteiger partial charge in [0.2, 0.25) is 0 Å². The normalized spacial score (nSPS) is 10.8. The molecule has 7 heteroatoms. The van der Waals surface area contributed by atoms with Gasteiger partial charge in [-0.3, -0.25) is 10.4 Å². The first-order chi connectivity index (χ1) is 19.4. The Morgan fingerprint density at radius 2 is 0.778 bits per heavy atom. The van der Waals surface area contributed by atoms with Gasteiger partial charge in [0, 0.05) is 11.1 Å². The first-order valence-electron chi connectivity index (χ1n) is 14.5. The van der Waals surface area contributed by atoms with Gasteiger partial charge in [-0.15, -0.1) is 0 Å². The molecule has 2 heterocycles. The van der Waals surface area contributed by atoms with E-state index in [1.165, 1.54) is 43.5 Å². The van der Waals surface area contributed by atoms with Gasteiger partial charge in [-0.05, 0) is 130 Å². The number of hydroxylamine groups is 2. The van der Waals surface area contributed by atoms with Crippen LogP contribution in [0.25, 0.3) is 22.5 Å². The predicted octanol–water partition coefficient (Wildman–Crippen LogP) is 10.2. The molecule has 0 aliphatic heterocycles. The van der Waals surface area contributed by atoms with E-state index in [4.69, 9.17) is 0 Å². The summed E-state index contributed by atoms with van der Waals surface area (Å²) >= 11 is 0. The van der Waals surface area contributed by atoms with Crippen LogP contribution in [0.1, 0.15) is 74.9 Å². The third kappa shape index (κ3) is 10.6. The van der Waals surface area contributed by atoms with Crippen molar-refractivity contribution in [3.63, 3.8) is 0 Å². The number of pyridine rings is 2. The van der Waals surface area contributed by atoms with Gasteiger partial charge < -0.3 is 14.9 Å². The Morgan fingerprint density at radius 1 is 0.511 bits per heavy atom. The summed E-state index contributed by atoms with van der Waals surface area (Å²) in [5, 5.41) is 23.0. The zero-order chi connectivity index (χ0) is 31.6. The molecule has 0 spiro atoms. The van der Waals surface area contributed by atoms with Crippen molar-refractivity contribution < 1.29 is 36.6 Å². The Balaban J connectivity index is 0.000000807. The van der Waals surface area contributed by atoms with Crippen molar-refractivity contribution in [1.29, 1.82) is 0 Å². The van der Waals surface area contributed by atoms with Crippen molar-refractivity contribution in [2.75, 3.05) is 10.1 Å². The minimum Gasteiger partial charge on any atom is -0.358 e. The molecule has 240 valence electrons. The quantitative estimate of drug-likeness (QED) is 0.164. The number of hydrogen-bond acceptors (Lipinski definition) is 6. The predicted molar refractivity (Wildman–Crippen MR) is 189 cm³/mol. The van der Waals surface area contributed by atoms with E-state index in [9.17, 15) is 10.4 Å². The van der Waals surface area contributed by atoms with Gasteiger partial charge in [0.25, 0.3) is 0 Å². The van der Waals surface area contributed by atoms with Crippen molar-refractivity contribution in [3.05, 3.63) is 109 Å². The van der Waals surface area contributed by atoms with Crippen LogP contribution < -0.4 is 10.1 Å². The fraction of sp³-hybridized carbons (Fsp3) is 0.368. The molecule has 45 heavy (non-hydrogen) atoms. The minimum atomic E-state index is -0.386. The van der Waals surface area contributed by atoms with E-state index in [2.05, 4.69) is 75.8 Å². The molecular weight excluding hydrogens is 636 g/mol. The molecule has 0 atom stereocenters. The molecule has 0 aliphatic rings. The first-order valence-corrected chi connectivity index (χ1v) is 14.5. The first kappa shape index (κ1) is 42.1. The van der Waals surface area contributed by atoms with Crippen molar-refractivity contribution in [1.82, 2.24) is 9.97 Å². The fourth-order valence-corrected chi connectivity index (χ4v) is 5.22. The van der Waals surface area contributed by atoms with Crippen LogP contribution in [-0.2, 0) is 26.2 Å². The van der Waals surface area contributed by atoms with Crippen LogP contribution in [0.4, 0.5) is 11.6 Å². The number of nitrogens with zero attached hydrogens (tertiary/aromatic N) is 4. The van der Waals surface area contributed by atoms with E-state index < -0.39 is 0 Å². The maximum atomic E-state index is 10.3. The van der Waals surface area contributed by atoms with Crippen LogP contribution in [0, 0.1) is 56.4 Å². The van der Waals surface area contributed by atoms with Crippen LogP contribution >= 0.6 is 0 Å². The van der Waals surface area contributed by atoms with Crippen LogP contribution in [-0.4, -0.2) is 31.5 Å². The molecular formula is C38H54N4O2Zr+2. The average molecular weight is 690 g/mol. The zero-order valence-corrected chi connectivity index (χ0v) is 32.4. The number of aryl methyl sites for hydroxylation is 6. The standard InChI is InChI=1S/2C18H24N2O.2CH3.Zr/c2*1-12-10-13(2)17(14(3)11-12)15-8-7-9-16(19-15)20(21)18(4,5)6;;;/h2*7-11,21H,1-6H3;2*1H3;/q;;2*-1;+4. The molecule has 0 saturated carbocycles. The third-order valence-corrected chi connectivity index (χ3v) is 7.04. The molecule has 0 radical (unpaired) electrons. The molecule has 0 saturated heterocycles. The number of aromatic nitrogens is 2. The van der Waals surface area contributed by atoms with E-state index in [0.717, 1.165) is 22.5 Å². The van der Waals surface area contributed by atoms with Crippen LogP contribution in [0.3, 0.4) is 0 Å². The molecule has 0 unspecified atom stereocenters. The van der Waals surface area contributed by atoms with Crippen LogP contribution in [0.15, 0.2) is 60.7 Å². The molecule has 2 aromatic carbocycles. The van der Waals surface area contributed by atoms with Crippen molar-refractivity contribution in [2.45, 2.75) is 94.2 Å². The topological polar surface area (TPSA) is 72.7 Å². The number of rotatable bonds is 4. The van der Waals surface area contributed by atoms with Crippen molar-refractivity contribution >= 4 is 11.6 Å². The van der Waals surface area contributed by atoms with Gasteiger partial charge in [0.1, 0.15) is 0 Å². The van der Waals surface area contributed by atoms with Gasteiger partial charge in [-0.25, -0.2) is 20.1 Å². The minimum absolute atomic E-state index is 0. The monoisotopic (exact) mass is 688 g/mol. The summed E-state index contributed by atoms with van der Waals surface area (Å²) in [6, 6.07) is 20.2. The van der Waals surface area contributed by atoms with Crippen molar-refractivity contribution in [3.8, 4) is 22.5 Å². The van der Waals surface area contributed by atoms with E-state index in [1.54, 1.807) is 0 Å². The third-order valence-electron chi connectivity index (χ3n) is 7.04. The van der Waals surface area contributed by atoms with Gasteiger partial charge in [0.15, 0.2) is 11.6 Å². The molecule has 0 bridgehead atoms. The molecule has 4 aromatic rings. The number of anilines is 2. The molecule has 4 rings (SSSR count). The largest absolute Gasteiger partial charge is 4.00 e. The fourth-order valence-electron chi connectivity index (χ4n) is 5.22. The Morgan fingerprint density at radius 3 is 1.02 bits per heavy atom. The second kappa shape index (κ2) is 16.6. The zero-order valence-electron chi connectivity index (χ0n) is 30.0. The maximum Gasteiger partial charge on any atom is 4.00 e. The summed E-state index contributed by atoms with van der Waals surface area (Å²) in [4.78, 5) is 9.27. The van der Waals surface area contributed by atoms with E-state index in [-0.39, 0.29) is 52.1 Å². The summed E-state index contributed by atoms with van der Waals surface area (Å²) < 4.78 is 0. The molecule has 0 aliphatic carbocycles. The van der Waals surface area contributed by atoms with E-state index in [1.807, 2.05) is 77.9 Å². The Hall–Kier alpha value is -2.86. The smallest absolute Gasteiger partial charge is 0.358 e. The molecule has 6 nitrogen and oxygen atoms in total.